The average Bonchev–Trinajstić information content (AvgIpc) is 3.24. The molecule has 6 heteroatoms. The molecule has 3 heterocycles. The zero-order chi connectivity index (χ0) is 20.2. The minimum absolute atomic E-state index is 0.444. The Morgan fingerprint density at radius 1 is 0.862 bits per heavy atom. The molecule has 29 heavy (non-hydrogen) atoms. The molecule has 6 nitrogen and oxygen atoms in total. The van der Waals surface area contributed by atoms with E-state index in [1.54, 1.807) is 13.3 Å². The highest BCUT2D eigenvalue weighted by molar-refractivity contribution is 5.65. The van der Waals surface area contributed by atoms with Gasteiger partial charge in [0, 0.05) is 29.6 Å². The molecule has 0 unspecified atom stereocenters. The molecule has 0 fully saturated rings. The van der Waals surface area contributed by atoms with E-state index in [0.29, 0.717) is 12.5 Å². The Kier molecular flexibility index (Phi) is 5.24. The molecule has 1 N–H and O–H groups in total. The fourth-order valence-corrected chi connectivity index (χ4v) is 2.97. The molecule has 0 bridgehead atoms. The molecule has 0 amide bonds. The molecule has 146 valence electrons. The number of ether oxygens (including phenoxy) is 2. The average molecular weight is 386 g/mol. The molecule has 0 aliphatic carbocycles. The normalized spacial score (nSPS) is 10.7. The van der Waals surface area contributed by atoms with Crippen LogP contribution in [0.5, 0.6) is 11.6 Å². The minimum atomic E-state index is 0.444. The van der Waals surface area contributed by atoms with Gasteiger partial charge in [0.2, 0.25) is 5.88 Å². The zero-order valence-corrected chi connectivity index (χ0v) is 16.6. The number of hydrogen-bond donors (Lipinski definition) is 1. The maximum absolute atomic E-state index is 5.94. The summed E-state index contributed by atoms with van der Waals surface area (Å²) in [5.74, 6) is 2.18. The van der Waals surface area contributed by atoms with E-state index in [0.717, 1.165) is 45.2 Å². The van der Waals surface area contributed by atoms with Gasteiger partial charge >= 0.3 is 0 Å². The van der Waals surface area contributed by atoms with Crippen LogP contribution >= 0.6 is 0 Å². The maximum atomic E-state index is 5.94. The topological polar surface area (TPSA) is 72.9 Å². The summed E-state index contributed by atoms with van der Waals surface area (Å²) in [6, 6.07) is 13.9. The fraction of sp³-hybridized carbons (Fsp3) is 0.174. The van der Waals surface area contributed by atoms with E-state index < -0.39 is 0 Å². The smallest absolute Gasteiger partial charge is 0.212 e. The Labute approximate surface area is 169 Å². The molecule has 1 aromatic carbocycles. The monoisotopic (exact) mass is 386 g/mol. The molecule has 3 aromatic heterocycles. The summed E-state index contributed by atoms with van der Waals surface area (Å²) in [6.45, 7) is 4.50. The van der Waals surface area contributed by atoms with Crippen LogP contribution < -0.4 is 9.47 Å². The predicted molar refractivity (Wildman–Crippen MR) is 112 cm³/mol. The number of aromatic nitrogens is 4. The van der Waals surface area contributed by atoms with Crippen LogP contribution in [0.4, 0.5) is 0 Å². The largest absolute Gasteiger partial charge is 0.487 e. The standard InChI is InChI=1S/C23H22N4O2/c1-15-4-7-19(24-11-15)14-29-21-8-5-17(10-16(21)2)20-13-26-23(27-20)18-6-9-22(28-3)25-12-18/h4-13H,14H2,1-3H3,(H,26,27). The first-order valence-corrected chi connectivity index (χ1v) is 9.33. The number of hydrogen-bond acceptors (Lipinski definition) is 5. The van der Waals surface area contributed by atoms with Crippen molar-refractivity contribution in [3.63, 3.8) is 0 Å². The lowest BCUT2D eigenvalue weighted by molar-refractivity contribution is 0.299. The van der Waals surface area contributed by atoms with E-state index in [1.165, 1.54) is 0 Å². The lowest BCUT2D eigenvalue weighted by Crippen LogP contribution is -1.99. The summed E-state index contributed by atoms with van der Waals surface area (Å²) in [5, 5.41) is 0. The van der Waals surface area contributed by atoms with Gasteiger partial charge < -0.3 is 14.5 Å². The molecule has 4 aromatic rings. The van der Waals surface area contributed by atoms with Crippen LogP contribution in [0.3, 0.4) is 0 Å². The van der Waals surface area contributed by atoms with Crippen molar-refractivity contribution >= 4 is 0 Å². The van der Waals surface area contributed by atoms with Crippen molar-refractivity contribution in [2.24, 2.45) is 0 Å². The van der Waals surface area contributed by atoms with Crippen LogP contribution in [-0.2, 0) is 6.61 Å². The minimum Gasteiger partial charge on any atom is -0.487 e. The second-order valence-electron chi connectivity index (χ2n) is 6.83. The van der Waals surface area contributed by atoms with E-state index >= 15 is 0 Å². The molecule has 0 aliphatic rings. The number of methoxy groups -OCH3 is 1. The highest BCUT2D eigenvalue weighted by atomic mass is 16.5. The molecule has 0 aliphatic heterocycles. The molecule has 0 spiro atoms. The van der Waals surface area contributed by atoms with Crippen molar-refractivity contribution < 1.29 is 9.47 Å². The van der Waals surface area contributed by atoms with Crippen molar-refractivity contribution in [2.45, 2.75) is 20.5 Å². The van der Waals surface area contributed by atoms with Crippen LogP contribution in [0, 0.1) is 13.8 Å². The first kappa shape index (κ1) is 18.7. The number of rotatable bonds is 6. The maximum Gasteiger partial charge on any atom is 0.212 e. The summed E-state index contributed by atoms with van der Waals surface area (Å²) in [5.41, 5.74) is 5.98. The first-order valence-electron chi connectivity index (χ1n) is 9.33. The number of imidazole rings is 1. The molecule has 0 radical (unpaired) electrons. The molecule has 4 rings (SSSR count). The zero-order valence-electron chi connectivity index (χ0n) is 16.6. The third-order valence-corrected chi connectivity index (χ3v) is 4.63. The van der Waals surface area contributed by atoms with E-state index in [-0.39, 0.29) is 0 Å². The van der Waals surface area contributed by atoms with Gasteiger partial charge in [-0.05, 0) is 55.3 Å². The fourth-order valence-electron chi connectivity index (χ4n) is 2.97. The van der Waals surface area contributed by atoms with Crippen molar-refractivity contribution in [2.75, 3.05) is 7.11 Å². The number of aryl methyl sites for hydroxylation is 2. The third kappa shape index (κ3) is 4.27. The van der Waals surface area contributed by atoms with Gasteiger partial charge in [-0.25, -0.2) is 9.97 Å². The molecular weight excluding hydrogens is 364 g/mol. The van der Waals surface area contributed by atoms with Gasteiger partial charge in [-0.3, -0.25) is 4.98 Å². The van der Waals surface area contributed by atoms with Crippen molar-refractivity contribution in [1.82, 2.24) is 19.9 Å². The van der Waals surface area contributed by atoms with Crippen molar-refractivity contribution in [3.8, 4) is 34.3 Å². The highest BCUT2D eigenvalue weighted by Gasteiger charge is 2.09. The van der Waals surface area contributed by atoms with E-state index in [1.807, 2.05) is 62.6 Å². The van der Waals surface area contributed by atoms with E-state index in [4.69, 9.17) is 9.47 Å². The quantitative estimate of drug-likeness (QED) is 0.518. The lowest BCUT2D eigenvalue weighted by Gasteiger charge is -2.10. The highest BCUT2D eigenvalue weighted by Crippen LogP contribution is 2.27. The van der Waals surface area contributed by atoms with Crippen molar-refractivity contribution in [3.05, 3.63) is 77.9 Å². The Balaban J connectivity index is 1.48. The summed E-state index contributed by atoms with van der Waals surface area (Å²) >= 11 is 0. The Morgan fingerprint density at radius 3 is 2.41 bits per heavy atom. The van der Waals surface area contributed by atoms with Crippen LogP contribution in [0.1, 0.15) is 16.8 Å². The lowest BCUT2D eigenvalue weighted by atomic mass is 10.1. The second-order valence-corrected chi connectivity index (χ2v) is 6.83. The van der Waals surface area contributed by atoms with Crippen LogP contribution in [0.25, 0.3) is 22.6 Å². The number of aromatic amines is 1. The van der Waals surface area contributed by atoms with Gasteiger partial charge in [0.05, 0.1) is 24.7 Å². The molecule has 0 saturated carbocycles. The van der Waals surface area contributed by atoms with Gasteiger partial charge in [-0.1, -0.05) is 6.07 Å². The van der Waals surface area contributed by atoms with Crippen molar-refractivity contribution in [1.29, 1.82) is 0 Å². The predicted octanol–water partition coefficient (Wildman–Crippen LogP) is 4.74. The Morgan fingerprint density at radius 2 is 1.72 bits per heavy atom. The van der Waals surface area contributed by atoms with E-state index in [9.17, 15) is 0 Å². The SMILES string of the molecule is COc1ccc(-c2ncc(-c3ccc(OCc4ccc(C)cn4)c(C)c3)[nH]2)cn1. The Bertz CT molecular complexity index is 1100. The Hall–Kier alpha value is -3.67. The third-order valence-electron chi connectivity index (χ3n) is 4.63. The molecule has 0 saturated heterocycles. The van der Waals surface area contributed by atoms with Crippen LogP contribution in [0.2, 0.25) is 0 Å². The summed E-state index contributed by atoms with van der Waals surface area (Å²) < 4.78 is 11.0. The van der Waals surface area contributed by atoms with Crippen LogP contribution in [0.15, 0.2) is 61.1 Å². The van der Waals surface area contributed by atoms with Gasteiger partial charge in [-0.15, -0.1) is 0 Å². The number of nitrogens with zero attached hydrogens (tertiary/aromatic N) is 3. The van der Waals surface area contributed by atoms with Gasteiger partial charge in [0.15, 0.2) is 0 Å². The van der Waals surface area contributed by atoms with Gasteiger partial charge in [0.1, 0.15) is 18.2 Å². The number of benzene rings is 1. The number of nitrogens with one attached hydrogen (secondary N) is 1. The van der Waals surface area contributed by atoms with E-state index in [2.05, 4.69) is 26.0 Å². The van der Waals surface area contributed by atoms with Crippen LogP contribution in [-0.4, -0.2) is 27.0 Å². The first-order chi connectivity index (χ1) is 14.1. The second kappa shape index (κ2) is 8.14. The molecule has 0 atom stereocenters. The number of H-pyrrole nitrogens is 1. The summed E-state index contributed by atoms with van der Waals surface area (Å²) in [6.07, 6.45) is 5.41. The van der Waals surface area contributed by atoms with Gasteiger partial charge in [0.25, 0.3) is 0 Å². The van der Waals surface area contributed by atoms with Gasteiger partial charge in [-0.2, -0.15) is 0 Å². The summed E-state index contributed by atoms with van der Waals surface area (Å²) in [7, 11) is 1.60. The number of pyridine rings is 2. The molecular formula is C23H22N4O2. The summed E-state index contributed by atoms with van der Waals surface area (Å²) in [4.78, 5) is 16.4.